The van der Waals surface area contributed by atoms with Gasteiger partial charge in [0.25, 0.3) is 0 Å². The summed E-state index contributed by atoms with van der Waals surface area (Å²) in [7, 11) is 2.04. The van der Waals surface area contributed by atoms with E-state index in [0.717, 1.165) is 12.8 Å². The molecule has 1 aliphatic carbocycles. The second-order valence-corrected chi connectivity index (χ2v) is 5.80. The van der Waals surface area contributed by atoms with Crippen molar-refractivity contribution in [3.05, 3.63) is 45.7 Å². The predicted molar refractivity (Wildman–Crippen MR) is 73.9 cm³/mol. The Morgan fingerprint density at radius 1 is 1.39 bits per heavy atom. The van der Waals surface area contributed by atoms with Crippen molar-refractivity contribution in [2.45, 2.75) is 31.7 Å². The fourth-order valence-electron chi connectivity index (χ4n) is 2.50. The number of thiazole rings is 1. The Balaban J connectivity index is 1.84. The summed E-state index contributed by atoms with van der Waals surface area (Å²) in [6.07, 6.45) is 8.24. The molecule has 0 radical (unpaired) electrons. The number of aryl methyl sites for hydroxylation is 1. The number of rotatable bonds is 3. The Bertz CT molecular complexity index is 521. The summed E-state index contributed by atoms with van der Waals surface area (Å²) in [6.45, 7) is 0. The molecule has 3 nitrogen and oxygen atoms in total. The van der Waals surface area contributed by atoms with Crippen LogP contribution in [0.2, 0.25) is 0 Å². The van der Waals surface area contributed by atoms with Gasteiger partial charge in [-0.15, -0.1) is 11.3 Å². The molecule has 0 spiro atoms. The van der Waals surface area contributed by atoms with Gasteiger partial charge in [-0.2, -0.15) is 0 Å². The molecule has 2 aromatic heterocycles. The highest BCUT2D eigenvalue weighted by atomic mass is 32.1. The third-order valence-electron chi connectivity index (χ3n) is 3.45. The van der Waals surface area contributed by atoms with E-state index in [9.17, 15) is 0 Å². The van der Waals surface area contributed by atoms with E-state index in [1.807, 2.05) is 30.8 Å². The maximum absolute atomic E-state index is 4.80. The van der Waals surface area contributed by atoms with Gasteiger partial charge < -0.3 is 5.32 Å². The summed E-state index contributed by atoms with van der Waals surface area (Å²) in [5.74, 6) is 0. The number of nitrogens with zero attached hydrogens (tertiary/aromatic N) is 2. The largest absolute Gasteiger partial charge is 0.312 e. The van der Waals surface area contributed by atoms with Gasteiger partial charge in [-0.1, -0.05) is 0 Å². The van der Waals surface area contributed by atoms with E-state index in [0.29, 0.717) is 6.04 Å². The van der Waals surface area contributed by atoms with Gasteiger partial charge in [0.1, 0.15) is 0 Å². The first-order chi connectivity index (χ1) is 8.86. The third-order valence-corrected chi connectivity index (χ3v) is 4.66. The first kappa shape index (κ1) is 11.8. The van der Waals surface area contributed by atoms with Crippen molar-refractivity contribution in [1.29, 1.82) is 0 Å². The van der Waals surface area contributed by atoms with Crippen molar-refractivity contribution in [3.8, 4) is 0 Å². The van der Waals surface area contributed by atoms with Gasteiger partial charge in [0.2, 0.25) is 0 Å². The number of pyridine rings is 1. The number of nitrogens with one attached hydrogen (secondary N) is 1. The maximum Gasteiger partial charge on any atom is 0.0975 e. The highest BCUT2D eigenvalue weighted by Crippen LogP contribution is 2.34. The van der Waals surface area contributed by atoms with E-state index in [1.54, 1.807) is 0 Å². The molecule has 0 bridgehead atoms. The molecule has 2 aromatic rings. The quantitative estimate of drug-likeness (QED) is 0.921. The molecule has 0 amide bonds. The standard InChI is InChI=1S/C14H17N3S/c1-15-11-3-2-4-12-14(11)18-13(17-12)9-10-5-7-16-8-6-10/h5-8,11,15H,2-4,9H2,1H3. The number of hydrogen-bond acceptors (Lipinski definition) is 4. The van der Waals surface area contributed by atoms with Gasteiger partial charge in [0, 0.05) is 29.7 Å². The lowest BCUT2D eigenvalue weighted by atomic mass is 9.98. The monoisotopic (exact) mass is 259 g/mol. The van der Waals surface area contributed by atoms with Crippen LogP contribution in [-0.4, -0.2) is 17.0 Å². The van der Waals surface area contributed by atoms with Gasteiger partial charge in [0.05, 0.1) is 10.7 Å². The van der Waals surface area contributed by atoms with Crippen LogP contribution in [-0.2, 0) is 12.8 Å². The second kappa shape index (κ2) is 5.16. The van der Waals surface area contributed by atoms with E-state index in [-0.39, 0.29) is 0 Å². The van der Waals surface area contributed by atoms with Crippen molar-refractivity contribution in [2.75, 3.05) is 7.05 Å². The van der Waals surface area contributed by atoms with Crippen LogP contribution in [0.4, 0.5) is 0 Å². The van der Waals surface area contributed by atoms with Gasteiger partial charge in [-0.3, -0.25) is 4.98 Å². The number of aromatic nitrogens is 2. The molecule has 0 saturated carbocycles. The molecule has 0 fully saturated rings. The topological polar surface area (TPSA) is 37.8 Å². The number of fused-ring (bicyclic) bond motifs is 1. The van der Waals surface area contributed by atoms with Crippen LogP contribution in [0.25, 0.3) is 0 Å². The zero-order valence-electron chi connectivity index (χ0n) is 10.5. The lowest BCUT2D eigenvalue weighted by molar-refractivity contribution is 0.501. The molecule has 94 valence electrons. The second-order valence-electron chi connectivity index (χ2n) is 4.68. The van der Waals surface area contributed by atoms with Gasteiger partial charge in [-0.05, 0) is 44.0 Å². The molecule has 1 N–H and O–H groups in total. The minimum absolute atomic E-state index is 0.512. The smallest absolute Gasteiger partial charge is 0.0975 e. The van der Waals surface area contributed by atoms with Gasteiger partial charge in [-0.25, -0.2) is 4.98 Å². The molecule has 3 rings (SSSR count). The molecule has 4 heteroatoms. The maximum atomic E-state index is 4.80. The zero-order chi connectivity index (χ0) is 12.4. The molecule has 0 aromatic carbocycles. The van der Waals surface area contributed by atoms with Gasteiger partial charge in [0.15, 0.2) is 0 Å². The minimum atomic E-state index is 0.512. The van der Waals surface area contributed by atoms with E-state index < -0.39 is 0 Å². The summed E-state index contributed by atoms with van der Waals surface area (Å²) in [4.78, 5) is 10.3. The van der Waals surface area contributed by atoms with Crippen LogP contribution in [0, 0.1) is 0 Å². The normalized spacial score (nSPS) is 18.6. The van der Waals surface area contributed by atoms with E-state index in [1.165, 1.54) is 34.0 Å². The number of hydrogen-bond donors (Lipinski definition) is 1. The summed E-state index contributed by atoms with van der Waals surface area (Å²) in [5.41, 5.74) is 2.60. The summed E-state index contributed by atoms with van der Waals surface area (Å²) in [6, 6.07) is 4.64. The summed E-state index contributed by atoms with van der Waals surface area (Å²) in [5, 5.41) is 4.63. The fourth-order valence-corrected chi connectivity index (χ4v) is 3.79. The van der Waals surface area contributed by atoms with Crippen molar-refractivity contribution < 1.29 is 0 Å². The average molecular weight is 259 g/mol. The first-order valence-electron chi connectivity index (χ1n) is 6.41. The van der Waals surface area contributed by atoms with Crippen LogP contribution in [0.15, 0.2) is 24.5 Å². The van der Waals surface area contributed by atoms with Crippen LogP contribution in [0.5, 0.6) is 0 Å². The average Bonchev–Trinajstić information content (AvgIpc) is 2.82. The molecule has 0 saturated heterocycles. The molecule has 2 heterocycles. The Morgan fingerprint density at radius 2 is 2.22 bits per heavy atom. The van der Waals surface area contributed by atoms with Crippen molar-refractivity contribution in [3.63, 3.8) is 0 Å². The van der Waals surface area contributed by atoms with Crippen LogP contribution >= 0.6 is 11.3 Å². The predicted octanol–water partition coefficient (Wildman–Crippen LogP) is 2.73. The lowest BCUT2D eigenvalue weighted by Crippen LogP contribution is -2.19. The van der Waals surface area contributed by atoms with E-state index in [4.69, 9.17) is 4.98 Å². The molecular weight excluding hydrogens is 242 g/mol. The van der Waals surface area contributed by atoms with Gasteiger partial charge >= 0.3 is 0 Å². The van der Waals surface area contributed by atoms with E-state index in [2.05, 4.69) is 22.4 Å². The molecule has 18 heavy (non-hydrogen) atoms. The Hall–Kier alpha value is -1.26. The molecular formula is C14H17N3S. The van der Waals surface area contributed by atoms with Crippen molar-refractivity contribution >= 4 is 11.3 Å². The third kappa shape index (κ3) is 2.31. The summed E-state index contributed by atoms with van der Waals surface area (Å²) < 4.78 is 0. The van der Waals surface area contributed by atoms with E-state index >= 15 is 0 Å². The fraction of sp³-hybridized carbons (Fsp3) is 0.429. The van der Waals surface area contributed by atoms with Crippen LogP contribution in [0.3, 0.4) is 0 Å². The molecule has 0 aliphatic heterocycles. The Kier molecular flexibility index (Phi) is 3.39. The minimum Gasteiger partial charge on any atom is -0.312 e. The molecule has 1 aliphatic rings. The van der Waals surface area contributed by atoms with Crippen molar-refractivity contribution in [2.24, 2.45) is 0 Å². The Morgan fingerprint density at radius 3 is 3.00 bits per heavy atom. The summed E-state index contributed by atoms with van der Waals surface area (Å²) >= 11 is 1.87. The highest BCUT2D eigenvalue weighted by molar-refractivity contribution is 7.11. The first-order valence-corrected chi connectivity index (χ1v) is 7.23. The molecule has 1 unspecified atom stereocenters. The molecule has 1 atom stereocenters. The van der Waals surface area contributed by atoms with Crippen molar-refractivity contribution in [1.82, 2.24) is 15.3 Å². The van der Waals surface area contributed by atoms with Crippen LogP contribution in [0.1, 0.15) is 40.0 Å². The SMILES string of the molecule is CNC1CCCc2nc(Cc3ccncc3)sc21. The highest BCUT2D eigenvalue weighted by Gasteiger charge is 2.23. The van der Waals surface area contributed by atoms with Crippen LogP contribution < -0.4 is 5.32 Å². The zero-order valence-corrected chi connectivity index (χ0v) is 11.3. The Labute approximate surface area is 111 Å². The lowest BCUT2D eigenvalue weighted by Gasteiger charge is -2.20.